The second kappa shape index (κ2) is 15.0. The van der Waals surface area contributed by atoms with Gasteiger partial charge >= 0.3 is 0 Å². The normalized spacial score (nSPS) is 17.2. The SMILES string of the molecule is COC1=C(OC)C(=O)C(C/C=C(\C)CCC[C@H](C)CCC[C@H](C)CCCC(C)C)=C(O)C1=O. The van der Waals surface area contributed by atoms with Crippen molar-refractivity contribution in [1.29, 1.82) is 0 Å². The minimum atomic E-state index is -0.710. The van der Waals surface area contributed by atoms with Crippen LogP contribution in [0, 0.1) is 17.8 Å². The number of carbonyl (C=O) groups excluding carboxylic acids is 2. The highest BCUT2D eigenvalue weighted by Gasteiger charge is 2.36. The van der Waals surface area contributed by atoms with Gasteiger partial charge in [-0.2, -0.15) is 0 Å². The Balaban J connectivity index is 2.39. The van der Waals surface area contributed by atoms with Crippen LogP contribution in [-0.2, 0) is 19.1 Å². The molecule has 0 aromatic rings. The maximum Gasteiger partial charge on any atom is 0.266 e. The zero-order valence-electron chi connectivity index (χ0n) is 22.0. The Hall–Kier alpha value is -2.04. The van der Waals surface area contributed by atoms with Gasteiger partial charge in [0.2, 0.25) is 17.3 Å². The van der Waals surface area contributed by atoms with Gasteiger partial charge < -0.3 is 14.6 Å². The van der Waals surface area contributed by atoms with E-state index in [1.165, 1.54) is 59.2 Å². The first-order valence-electron chi connectivity index (χ1n) is 12.6. The molecule has 0 bridgehead atoms. The zero-order valence-corrected chi connectivity index (χ0v) is 22.0. The predicted octanol–water partition coefficient (Wildman–Crippen LogP) is 7.23. The van der Waals surface area contributed by atoms with E-state index in [-0.39, 0.29) is 23.5 Å². The van der Waals surface area contributed by atoms with Gasteiger partial charge in [0.15, 0.2) is 5.76 Å². The van der Waals surface area contributed by atoms with Crippen molar-refractivity contribution in [3.63, 3.8) is 0 Å². The Kier molecular flexibility index (Phi) is 13.2. The third-order valence-corrected chi connectivity index (χ3v) is 6.60. The van der Waals surface area contributed by atoms with E-state index < -0.39 is 17.3 Å². The Labute approximate surface area is 201 Å². The lowest BCUT2D eigenvalue weighted by molar-refractivity contribution is -0.123. The minimum Gasteiger partial charge on any atom is -0.504 e. The number of Topliss-reactive ketones (excluding diaryl/α,β-unsaturated/α-hetero) is 2. The third kappa shape index (κ3) is 9.77. The molecule has 0 saturated heterocycles. The highest BCUT2D eigenvalue weighted by molar-refractivity contribution is 6.22. The number of aliphatic hydroxyl groups excluding tert-OH is 1. The molecule has 1 rings (SSSR count). The van der Waals surface area contributed by atoms with Crippen LogP contribution >= 0.6 is 0 Å². The van der Waals surface area contributed by atoms with Gasteiger partial charge in [-0.3, -0.25) is 9.59 Å². The number of aliphatic hydroxyl groups is 1. The van der Waals surface area contributed by atoms with Crippen LogP contribution in [0.15, 0.2) is 34.5 Å². The standard InChI is InChI=1S/C28H46O5/c1-19(2)11-8-12-20(3)13-9-14-21(4)15-10-16-22(5)17-18-23-24(29)26(31)28(33-7)27(32-6)25(23)30/h17,19-21,29H,8-16,18H2,1-7H3/b22-17+/t20-,21-/m1/s1. The quantitative estimate of drug-likeness (QED) is 0.193. The van der Waals surface area contributed by atoms with E-state index in [1.54, 1.807) is 0 Å². The molecule has 0 saturated carbocycles. The van der Waals surface area contributed by atoms with Gasteiger partial charge in [-0.15, -0.1) is 0 Å². The summed E-state index contributed by atoms with van der Waals surface area (Å²) in [7, 11) is 2.59. The average molecular weight is 463 g/mol. The van der Waals surface area contributed by atoms with Crippen LogP contribution in [0.5, 0.6) is 0 Å². The molecule has 0 aromatic carbocycles. The third-order valence-electron chi connectivity index (χ3n) is 6.60. The van der Waals surface area contributed by atoms with E-state index in [0.717, 1.165) is 30.3 Å². The van der Waals surface area contributed by atoms with E-state index in [2.05, 4.69) is 27.7 Å². The largest absolute Gasteiger partial charge is 0.504 e. The fourth-order valence-corrected chi connectivity index (χ4v) is 4.34. The average Bonchev–Trinajstić information content (AvgIpc) is 2.75. The van der Waals surface area contributed by atoms with Crippen LogP contribution in [-0.4, -0.2) is 30.9 Å². The highest BCUT2D eigenvalue weighted by Crippen LogP contribution is 2.27. The summed E-state index contributed by atoms with van der Waals surface area (Å²) in [4.78, 5) is 24.8. The summed E-state index contributed by atoms with van der Waals surface area (Å²) in [6.07, 6.45) is 13.3. The molecule has 0 aliphatic heterocycles. The van der Waals surface area contributed by atoms with Crippen LogP contribution in [0.4, 0.5) is 0 Å². The number of carbonyl (C=O) groups is 2. The number of hydrogen-bond donors (Lipinski definition) is 1. The first-order valence-corrected chi connectivity index (χ1v) is 12.6. The predicted molar refractivity (Wildman–Crippen MR) is 134 cm³/mol. The lowest BCUT2D eigenvalue weighted by atomic mass is 9.91. The van der Waals surface area contributed by atoms with Crippen molar-refractivity contribution in [1.82, 2.24) is 0 Å². The van der Waals surface area contributed by atoms with Crippen molar-refractivity contribution in [2.24, 2.45) is 17.8 Å². The van der Waals surface area contributed by atoms with E-state index >= 15 is 0 Å². The number of ether oxygens (including phenoxy) is 2. The molecular weight excluding hydrogens is 416 g/mol. The second-order valence-corrected chi connectivity index (χ2v) is 10.2. The molecule has 188 valence electrons. The van der Waals surface area contributed by atoms with Crippen LogP contribution < -0.4 is 0 Å². The summed E-state index contributed by atoms with van der Waals surface area (Å²) in [5.74, 6) is 0.203. The Morgan fingerprint density at radius 3 is 1.82 bits per heavy atom. The van der Waals surface area contributed by atoms with Gasteiger partial charge in [0.1, 0.15) is 0 Å². The molecule has 0 spiro atoms. The molecule has 0 heterocycles. The summed E-state index contributed by atoms with van der Waals surface area (Å²) in [5, 5.41) is 10.2. The maximum absolute atomic E-state index is 12.6. The molecule has 1 aliphatic carbocycles. The second-order valence-electron chi connectivity index (χ2n) is 10.2. The topological polar surface area (TPSA) is 72.8 Å². The van der Waals surface area contributed by atoms with E-state index in [9.17, 15) is 14.7 Å². The van der Waals surface area contributed by atoms with Gasteiger partial charge in [0.25, 0.3) is 5.78 Å². The smallest absolute Gasteiger partial charge is 0.266 e. The van der Waals surface area contributed by atoms with Crippen molar-refractivity contribution in [2.75, 3.05) is 14.2 Å². The molecular formula is C28H46O5. The molecule has 1 aliphatic rings. The van der Waals surface area contributed by atoms with Gasteiger partial charge in [-0.25, -0.2) is 0 Å². The maximum atomic E-state index is 12.6. The number of ketones is 2. The fraction of sp³-hybridized carbons (Fsp3) is 0.714. The van der Waals surface area contributed by atoms with Crippen LogP contribution in [0.25, 0.3) is 0 Å². The van der Waals surface area contributed by atoms with Crippen molar-refractivity contribution in [3.05, 3.63) is 34.5 Å². The van der Waals surface area contributed by atoms with Crippen molar-refractivity contribution < 1.29 is 24.2 Å². The van der Waals surface area contributed by atoms with Crippen LogP contribution in [0.1, 0.15) is 98.8 Å². The lowest BCUT2D eigenvalue weighted by Crippen LogP contribution is -2.25. The van der Waals surface area contributed by atoms with Crippen LogP contribution in [0.2, 0.25) is 0 Å². The molecule has 2 atom stereocenters. The van der Waals surface area contributed by atoms with E-state index in [1.807, 2.05) is 13.0 Å². The molecule has 0 radical (unpaired) electrons. The van der Waals surface area contributed by atoms with Gasteiger partial charge in [-0.05, 0) is 43.9 Å². The summed E-state index contributed by atoms with van der Waals surface area (Å²) < 4.78 is 9.99. The summed E-state index contributed by atoms with van der Waals surface area (Å²) in [6, 6.07) is 0. The van der Waals surface area contributed by atoms with Crippen LogP contribution in [0.3, 0.4) is 0 Å². The number of rotatable bonds is 16. The summed E-state index contributed by atoms with van der Waals surface area (Å²) in [6.45, 7) is 11.4. The first kappa shape index (κ1) is 29.0. The Bertz CT molecular complexity index is 741. The molecule has 0 aromatic heterocycles. The van der Waals surface area contributed by atoms with Crippen molar-refractivity contribution in [3.8, 4) is 0 Å². The first-order chi connectivity index (χ1) is 15.6. The molecule has 1 N–H and O–H groups in total. The van der Waals surface area contributed by atoms with Gasteiger partial charge in [0.05, 0.1) is 19.8 Å². The molecule has 5 nitrogen and oxygen atoms in total. The lowest BCUT2D eigenvalue weighted by Gasteiger charge is -2.18. The number of methoxy groups -OCH3 is 2. The summed E-state index contributed by atoms with van der Waals surface area (Å²) in [5.41, 5.74) is 1.22. The molecule has 0 amide bonds. The minimum absolute atomic E-state index is 0.0629. The van der Waals surface area contributed by atoms with Gasteiger partial charge in [-0.1, -0.05) is 84.3 Å². The summed E-state index contributed by atoms with van der Waals surface area (Å²) >= 11 is 0. The number of allylic oxidation sites excluding steroid dienone is 3. The zero-order chi connectivity index (χ0) is 25.0. The number of hydrogen-bond acceptors (Lipinski definition) is 5. The van der Waals surface area contributed by atoms with E-state index in [4.69, 9.17) is 9.47 Å². The molecule has 33 heavy (non-hydrogen) atoms. The van der Waals surface area contributed by atoms with Crippen molar-refractivity contribution in [2.45, 2.75) is 98.8 Å². The monoisotopic (exact) mass is 462 g/mol. The Morgan fingerprint density at radius 1 is 0.818 bits per heavy atom. The van der Waals surface area contributed by atoms with E-state index in [0.29, 0.717) is 5.92 Å². The van der Waals surface area contributed by atoms with Gasteiger partial charge in [0, 0.05) is 0 Å². The van der Waals surface area contributed by atoms with Crippen molar-refractivity contribution >= 4 is 11.6 Å². The Morgan fingerprint density at radius 2 is 1.30 bits per heavy atom. The molecule has 0 fully saturated rings. The molecule has 5 heteroatoms. The molecule has 0 unspecified atom stereocenters. The fourth-order valence-electron chi connectivity index (χ4n) is 4.34. The highest BCUT2D eigenvalue weighted by atomic mass is 16.5.